The first-order chi connectivity index (χ1) is 21.1. The minimum atomic E-state index is -0.493. The molecule has 1 fully saturated rings. The zero-order chi connectivity index (χ0) is 31.3. The summed E-state index contributed by atoms with van der Waals surface area (Å²) in [6.07, 6.45) is 1.58. The molecule has 1 amide bonds. The van der Waals surface area contributed by atoms with Gasteiger partial charge >= 0.3 is 0 Å². The molecule has 1 aliphatic rings. The van der Waals surface area contributed by atoms with Crippen LogP contribution >= 0.6 is 35.0 Å². The fourth-order valence-corrected chi connectivity index (χ4v) is 6.58. The minimum Gasteiger partial charge on any atom is -0.283 e. The van der Waals surface area contributed by atoms with Crippen molar-refractivity contribution in [2.75, 3.05) is 4.90 Å². The molecule has 0 atom stereocenters. The monoisotopic (exact) mass is 644 g/mol. The molecule has 44 heavy (non-hydrogen) atoms. The molecule has 0 aliphatic carbocycles. The van der Waals surface area contributed by atoms with Crippen LogP contribution in [0.25, 0.3) is 17.5 Å². The van der Waals surface area contributed by atoms with E-state index in [1.807, 2.05) is 60.7 Å². The van der Waals surface area contributed by atoms with Gasteiger partial charge in [0.2, 0.25) is 0 Å². The van der Waals surface area contributed by atoms with Gasteiger partial charge in [-0.15, -0.1) is 0 Å². The fourth-order valence-electron chi connectivity index (χ4n) is 5.12. The van der Waals surface area contributed by atoms with Crippen LogP contribution in [0.15, 0.2) is 98.3 Å². The molecule has 3 heterocycles. The molecular weight excluding hydrogens is 619 g/mol. The summed E-state index contributed by atoms with van der Waals surface area (Å²) < 4.78 is 6.39. The normalized spacial score (nSPS) is 15.2. The summed E-state index contributed by atoms with van der Waals surface area (Å²) in [5, 5.41) is 0.881. The van der Waals surface area contributed by atoms with Crippen LogP contribution in [0.1, 0.15) is 17.0 Å². The smallest absolute Gasteiger partial charge is 0.283 e. The second-order valence-corrected chi connectivity index (χ2v) is 11.9. The third kappa shape index (κ3) is 4.85. The van der Waals surface area contributed by atoms with Gasteiger partial charge in [-0.25, -0.2) is 19.3 Å². The van der Waals surface area contributed by atoms with Crippen LogP contribution in [0, 0.1) is 13.8 Å². The molecule has 0 bridgehead atoms. The third-order valence-corrected chi connectivity index (χ3v) is 9.19. The van der Waals surface area contributed by atoms with Crippen molar-refractivity contribution in [2.24, 2.45) is 19.1 Å². The van der Waals surface area contributed by atoms with Crippen molar-refractivity contribution in [3.05, 3.63) is 131 Å². The Kier molecular flexibility index (Phi) is 7.75. The Hall–Kier alpha value is -4.51. The number of carbonyl (C=O) groups is 1. The Morgan fingerprint density at radius 3 is 1.80 bits per heavy atom. The van der Waals surface area contributed by atoms with E-state index in [0.29, 0.717) is 38.4 Å². The number of rotatable bonds is 5. The van der Waals surface area contributed by atoms with E-state index in [1.165, 1.54) is 14.3 Å². The summed E-state index contributed by atoms with van der Waals surface area (Å²) in [5.41, 5.74) is 2.36. The highest BCUT2D eigenvalue weighted by atomic mass is 35.5. The van der Waals surface area contributed by atoms with Crippen molar-refractivity contribution >= 4 is 63.5 Å². The first-order valence-electron chi connectivity index (χ1n) is 13.5. The van der Waals surface area contributed by atoms with Crippen LogP contribution in [0.2, 0.25) is 10.0 Å². The molecule has 1 aliphatic heterocycles. The Morgan fingerprint density at radius 1 is 0.705 bits per heavy atom. The number of amides is 1. The predicted octanol–water partition coefficient (Wildman–Crippen LogP) is 6.40. The van der Waals surface area contributed by atoms with Crippen molar-refractivity contribution < 1.29 is 4.79 Å². The average Bonchev–Trinajstić information content (AvgIpc) is 3.52. The van der Waals surface area contributed by atoms with Gasteiger partial charge < -0.3 is 0 Å². The number of hydrogen-bond donors (Lipinski definition) is 0. The number of thioether (sulfide) groups is 1. The van der Waals surface area contributed by atoms with Gasteiger partial charge in [-0.3, -0.25) is 23.7 Å². The van der Waals surface area contributed by atoms with E-state index in [1.54, 1.807) is 61.6 Å². The molecule has 0 spiro atoms. The van der Waals surface area contributed by atoms with E-state index in [-0.39, 0.29) is 27.0 Å². The molecule has 222 valence electrons. The number of aliphatic imine (C=N–C) groups is 1. The van der Waals surface area contributed by atoms with Crippen molar-refractivity contribution in [2.45, 2.75) is 13.8 Å². The quantitative estimate of drug-likeness (QED) is 0.207. The van der Waals surface area contributed by atoms with Crippen LogP contribution in [-0.4, -0.2) is 29.8 Å². The number of benzene rings is 3. The van der Waals surface area contributed by atoms with Crippen molar-refractivity contribution in [1.29, 1.82) is 0 Å². The molecule has 0 N–H and O–H groups in total. The molecule has 5 aromatic rings. The highest BCUT2D eigenvalue weighted by Gasteiger charge is 2.39. The van der Waals surface area contributed by atoms with Crippen LogP contribution in [0.3, 0.4) is 0 Å². The van der Waals surface area contributed by atoms with Crippen LogP contribution in [0.5, 0.6) is 0 Å². The van der Waals surface area contributed by atoms with Crippen molar-refractivity contribution in [3.63, 3.8) is 0 Å². The van der Waals surface area contributed by atoms with Crippen LogP contribution in [-0.2, 0) is 18.9 Å². The highest BCUT2D eigenvalue weighted by molar-refractivity contribution is 8.19. The SMILES string of the molecule is Cc1c(N=C2SC(=Cc3c(Cl)cccc3Cl)C(=O)N2c2c(C)n(C)n(-c3ccccc3)c2=O)c(=O)n(-c2ccccc2)n1C. The van der Waals surface area contributed by atoms with E-state index in [9.17, 15) is 14.4 Å². The van der Waals surface area contributed by atoms with E-state index in [0.717, 1.165) is 11.8 Å². The lowest BCUT2D eigenvalue weighted by Gasteiger charge is -2.13. The van der Waals surface area contributed by atoms with E-state index in [2.05, 4.69) is 0 Å². The van der Waals surface area contributed by atoms with Gasteiger partial charge in [-0.05, 0) is 68.1 Å². The lowest BCUT2D eigenvalue weighted by molar-refractivity contribution is -0.113. The second kappa shape index (κ2) is 11.5. The number of hydrogen-bond acceptors (Lipinski definition) is 5. The van der Waals surface area contributed by atoms with Gasteiger partial charge in [-0.1, -0.05) is 65.7 Å². The van der Waals surface area contributed by atoms with Crippen molar-refractivity contribution in [1.82, 2.24) is 18.7 Å². The first-order valence-corrected chi connectivity index (χ1v) is 15.1. The topological polar surface area (TPSA) is 86.5 Å². The first kappa shape index (κ1) is 29.6. The summed E-state index contributed by atoms with van der Waals surface area (Å²) in [4.78, 5) is 48.3. The summed E-state index contributed by atoms with van der Waals surface area (Å²) in [5.74, 6) is -0.493. The summed E-state index contributed by atoms with van der Waals surface area (Å²) in [6, 6.07) is 23.4. The molecular formula is C32H26Cl2N6O3S. The van der Waals surface area contributed by atoms with E-state index < -0.39 is 11.5 Å². The van der Waals surface area contributed by atoms with Gasteiger partial charge in [0.1, 0.15) is 5.69 Å². The molecule has 3 aromatic carbocycles. The Balaban J connectivity index is 1.58. The molecule has 12 heteroatoms. The number of halogens is 2. The lowest BCUT2D eigenvalue weighted by atomic mass is 10.2. The third-order valence-electron chi connectivity index (χ3n) is 7.56. The number of para-hydroxylation sites is 2. The van der Waals surface area contributed by atoms with Gasteiger partial charge in [-0.2, -0.15) is 0 Å². The Bertz CT molecular complexity index is 2100. The number of anilines is 1. The summed E-state index contributed by atoms with van der Waals surface area (Å²) in [7, 11) is 3.51. The Morgan fingerprint density at radius 2 is 1.23 bits per heavy atom. The summed E-state index contributed by atoms with van der Waals surface area (Å²) in [6.45, 7) is 3.54. The number of aromatic nitrogens is 4. The van der Waals surface area contributed by atoms with Gasteiger partial charge in [0.05, 0.1) is 27.7 Å². The predicted molar refractivity (Wildman–Crippen MR) is 178 cm³/mol. The van der Waals surface area contributed by atoms with Gasteiger partial charge in [0.25, 0.3) is 17.0 Å². The maximum atomic E-state index is 14.2. The molecule has 2 aromatic heterocycles. The number of amidine groups is 1. The van der Waals surface area contributed by atoms with E-state index in [4.69, 9.17) is 28.2 Å². The van der Waals surface area contributed by atoms with Gasteiger partial charge in [0.15, 0.2) is 10.9 Å². The maximum absolute atomic E-state index is 14.2. The molecule has 9 nitrogen and oxygen atoms in total. The molecule has 0 radical (unpaired) electrons. The molecule has 0 unspecified atom stereocenters. The molecule has 1 saturated heterocycles. The minimum absolute atomic E-state index is 0.123. The molecule has 6 rings (SSSR count). The number of carbonyl (C=O) groups excluding carboxylic acids is 1. The summed E-state index contributed by atoms with van der Waals surface area (Å²) >= 11 is 13.9. The lowest BCUT2D eigenvalue weighted by Crippen LogP contribution is -2.34. The fraction of sp³-hybridized carbons (Fsp3) is 0.125. The zero-order valence-electron chi connectivity index (χ0n) is 24.2. The zero-order valence-corrected chi connectivity index (χ0v) is 26.5. The maximum Gasteiger partial charge on any atom is 0.297 e. The average molecular weight is 646 g/mol. The number of nitrogens with zero attached hydrogens (tertiary/aromatic N) is 6. The molecule has 0 saturated carbocycles. The van der Waals surface area contributed by atoms with Gasteiger partial charge in [0, 0.05) is 29.7 Å². The Labute approximate surface area is 266 Å². The van der Waals surface area contributed by atoms with Crippen LogP contribution < -0.4 is 16.0 Å². The second-order valence-electron chi connectivity index (χ2n) is 10.1. The van der Waals surface area contributed by atoms with E-state index >= 15 is 0 Å². The largest absolute Gasteiger partial charge is 0.297 e. The highest BCUT2D eigenvalue weighted by Crippen LogP contribution is 2.39. The standard InChI is InChI=1S/C32H26Cl2N6O3S/c1-19-27(30(42)39(36(19)3)21-12-7-5-8-13-21)35-32-38(29(41)26(44-32)18-23-24(33)16-11-17-25(23)34)28-20(2)37(4)40(31(28)43)22-14-9-6-10-15-22/h5-18H,1-4H3. The van der Waals surface area contributed by atoms with Crippen molar-refractivity contribution in [3.8, 4) is 11.4 Å². The van der Waals surface area contributed by atoms with Crippen LogP contribution in [0.4, 0.5) is 11.4 Å².